The number of rotatable bonds is 3. The van der Waals surface area contributed by atoms with E-state index in [0.717, 1.165) is 38.5 Å². The van der Waals surface area contributed by atoms with Gasteiger partial charge in [0.05, 0.1) is 11.8 Å². The van der Waals surface area contributed by atoms with Crippen LogP contribution in [0, 0.1) is 35.5 Å². The number of likely N-dealkylation sites (tertiary alicyclic amines) is 1. The Morgan fingerprint density at radius 2 is 1.48 bits per heavy atom. The van der Waals surface area contributed by atoms with Gasteiger partial charge in [-0.25, -0.2) is 0 Å². The molecule has 0 aromatic carbocycles. The highest BCUT2D eigenvalue weighted by Crippen LogP contribution is 2.56. The quantitative estimate of drug-likeness (QED) is 0.807. The van der Waals surface area contributed by atoms with E-state index in [0.29, 0.717) is 24.3 Å². The van der Waals surface area contributed by atoms with E-state index in [4.69, 9.17) is 0 Å². The summed E-state index contributed by atoms with van der Waals surface area (Å²) in [4.78, 5) is 27.0. The Morgan fingerprint density at radius 1 is 0.905 bits per heavy atom. The number of imide groups is 1. The predicted octanol–water partition coefficient (Wildman–Crippen LogP) is 1.82. The van der Waals surface area contributed by atoms with Gasteiger partial charge in [0.25, 0.3) is 0 Å². The smallest absolute Gasteiger partial charge is 0.233 e. The molecule has 0 aromatic heterocycles. The molecule has 1 heterocycles. The number of amides is 2. The molecule has 6 atom stereocenters. The molecule has 1 saturated heterocycles. The number of fused-ring (bicyclic) bond motifs is 5. The van der Waals surface area contributed by atoms with Crippen LogP contribution in [0.5, 0.6) is 0 Å². The summed E-state index contributed by atoms with van der Waals surface area (Å²) >= 11 is 0. The zero-order valence-electron chi connectivity index (χ0n) is 12.5. The van der Waals surface area contributed by atoms with Gasteiger partial charge in [-0.05, 0) is 55.8 Å². The molecule has 1 N–H and O–H groups in total. The van der Waals surface area contributed by atoms with E-state index in [-0.39, 0.29) is 36.2 Å². The highest BCUT2D eigenvalue weighted by molar-refractivity contribution is 6.06. The highest BCUT2D eigenvalue weighted by atomic mass is 16.3. The summed E-state index contributed by atoms with van der Waals surface area (Å²) < 4.78 is 0. The second-order valence-electron chi connectivity index (χ2n) is 7.66. The first-order chi connectivity index (χ1) is 10.2. The van der Waals surface area contributed by atoms with Crippen LogP contribution >= 0.6 is 0 Å². The maximum absolute atomic E-state index is 12.7. The van der Waals surface area contributed by atoms with Gasteiger partial charge in [-0.3, -0.25) is 14.5 Å². The minimum absolute atomic E-state index is 0.00687. The molecule has 116 valence electrons. The van der Waals surface area contributed by atoms with Crippen molar-refractivity contribution in [1.29, 1.82) is 0 Å². The standard InChI is InChI=1S/C17H25NO3/c19-9-13-4-2-1-3-12(13)8-18-16(20)14-10-5-6-11(7-10)15(14)17(18)21/h10-15,19H,1-9H2/t10-,11+,12?,13-,14-,15+/m0/s1. The predicted molar refractivity (Wildman–Crippen MR) is 77.1 cm³/mol. The molecule has 3 aliphatic carbocycles. The Kier molecular flexibility index (Phi) is 3.32. The first kappa shape index (κ1) is 13.7. The van der Waals surface area contributed by atoms with E-state index in [1.54, 1.807) is 4.90 Å². The van der Waals surface area contributed by atoms with Crippen molar-refractivity contribution in [2.45, 2.75) is 44.9 Å². The molecule has 2 amide bonds. The van der Waals surface area contributed by atoms with E-state index in [2.05, 4.69) is 0 Å². The van der Waals surface area contributed by atoms with Crippen molar-refractivity contribution in [3.63, 3.8) is 0 Å². The third-order valence-corrected chi connectivity index (χ3v) is 6.74. The van der Waals surface area contributed by atoms with Gasteiger partial charge in [0.15, 0.2) is 0 Å². The Balaban J connectivity index is 1.51. The Morgan fingerprint density at radius 3 is 2.05 bits per heavy atom. The summed E-state index contributed by atoms with van der Waals surface area (Å²) in [5.41, 5.74) is 0. The first-order valence-corrected chi connectivity index (χ1v) is 8.66. The minimum atomic E-state index is 0.00687. The van der Waals surface area contributed by atoms with Crippen molar-refractivity contribution < 1.29 is 14.7 Å². The highest BCUT2D eigenvalue weighted by Gasteiger charge is 2.60. The Hall–Kier alpha value is -0.900. The maximum Gasteiger partial charge on any atom is 0.233 e. The van der Waals surface area contributed by atoms with Crippen LogP contribution < -0.4 is 0 Å². The van der Waals surface area contributed by atoms with Gasteiger partial charge in [0.2, 0.25) is 11.8 Å². The van der Waals surface area contributed by atoms with Crippen LogP contribution in [0.25, 0.3) is 0 Å². The fourth-order valence-electron chi connectivity index (χ4n) is 5.65. The molecule has 21 heavy (non-hydrogen) atoms. The van der Waals surface area contributed by atoms with Crippen LogP contribution in [0.3, 0.4) is 0 Å². The van der Waals surface area contributed by atoms with Crippen molar-refractivity contribution in [3.05, 3.63) is 0 Å². The van der Waals surface area contributed by atoms with Crippen LogP contribution in [0.4, 0.5) is 0 Å². The normalized spacial score (nSPS) is 45.5. The first-order valence-electron chi connectivity index (χ1n) is 8.66. The van der Waals surface area contributed by atoms with E-state index in [1.807, 2.05) is 0 Å². The van der Waals surface area contributed by atoms with Crippen LogP contribution in [-0.4, -0.2) is 35.0 Å². The number of nitrogens with zero attached hydrogens (tertiary/aromatic N) is 1. The van der Waals surface area contributed by atoms with E-state index in [9.17, 15) is 14.7 Å². The van der Waals surface area contributed by atoms with Gasteiger partial charge >= 0.3 is 0 Å². The molecule has 4 aliphatic rings. The summed E-state index contributed by atoms with van der Waals surface area (Å²) in [6.07, 6.45) is 7.79. The molecule has 1 unspecified atom stereocenters. The zero-order chi connectivity index (χ0) is 14.6. The molecule has 4 nitrogen and oxygen atoms in total. The van der Waals surface area contributed by atoms with Crippen LogP contribution in [0.2, 0.25) is 0 Å². The van der Waals surface area contributed by atoms with Crippen LogP contribution in [0.1, 0.15) is 44.9 Å². The van der Waals surface area contributed by atoms with Gasteiger partial charge in [0.1, 0.15) is 0 Å². The van der Waals surface area contributed by atoms with Gasteiger partial charge < -0.3 is 5.11 Å². The number of carbonyl (C=O) groups is 2. The molecule has 2 bridgehead atoms. The number of carbonyl (C=O) groups excluding carboxylic acids is 2. The minimum Gasteiger partial charge on any atom is -0.396 e. The second kappa shape index (κ2) is 5.08. The number of aliphatic hydroxyl groups excluding tert-OH is 1. The molecule has 4 heteroatoms. The Bertz CT molecular complexity index is 435. The lowest BCUT2D eigenvalue weighted by Crippen LogP contribution is -2.40. The van der Waals surface area contributed by atoms with E-state index in [1.165, 1.54) is 6.42 Å². The van der Waals surface area contributed by atoms with Crippen molar-refractivity contribution >= 4 is 11.8 Å². The lowest BCUT2D eigenvalue weighted by molar-refractivity contribution is -0.142. The molecule has 4 rings (SSSR count). The molecule has 0 aromatic rings. The van der Waals surface area contributed by atoms with Gasteiger partial charge in [0, 0.05) is 13.2 Å². The van der Waals surface area contributed by atoms with E-state index >= 15 is 0 Å². The number of hydrogen-bond acceptors (Lipinski definition) is 3. The molecule has 0 spiro atoms. The lowest BCUT2D eigenvalue weighted by atomic mass is 9.79. The van der Waals surface area contributed by atoms with Gasteiger partial charge in [-0.2, -0.15) is 0 Å². The fraction of sp³-hybridized carbons (Fsp3) is 0.882. The fourth-order valence-corrected chi connectivity index (χ4v) is 5.65. The summed E-state index contributed by atoms with van der Waals surface area (Å²) in [7, 11) is 0. The molecule has 3 saturated carbocycles. The maximum atomic E-state index is 12.7. The SMILES string of the molecule is O=C1[C@@H]2[C@@H]3CC[C@@H](C3)[C@@H]2C(=O)N1CC1CCCC[C@H]1CO. The third-order valence-electron chi connectivity index (χ3n) is 6.74. The average Bonchev–Trinajstić information content (AvgIpc) is 3.17. The van der Waals surface area contributed by atoms with Crippen LogP contribution in [0.15, 0.2) is 0 Å². The van der Waals surface area contributed by atoms with Crippen molar-refractivity contribution in [3.8, 4) is 0 Å². The van der Waals surface area contributed by atoms with Crippen molar-refractivity contribution in [2.24, 2.45) is 35.5 Å². The number of aliphatic hydroxyl groups is 1. The third kappa shape index (κ3) is 1.98. The monoisotopic (exact) mass is 291 g/mol. The molecule has 0 radical (unpaired) electrons. The van der Waals surface area contributed by atoms with Crippen molar-refractivity contribution in [2.75, 3.05) is 13.2 Å². The summed E-state index contributed by atoms with van der Waals surface area (Å²) in [5.74, 6) is 1.77. The summed E-state index contributed by atoms with van der Waals surface area (Å²) in [6, 6.07) is 0. The summed E-state index contributed by atoms with van der Waals surface area (Å²) in [6.45, 7) is 0.758. The topological polar surface area (TPSA) is 57.6 Å². The van der Waals surface area contributed by atoms with Crippen LogP contribution in [-0.2, 0) is 9.59 Å². The summed E-state index contributed by atoms with van der Waals surface area (Å²) in [5, 5.41) is 9.53. The van der Waals surface area contributed by atoms with Crippen molar-refractivity contribution in [1.82, 2.24) is 4.90 Å². The second-order valence-corrected chi connectivity index (χ2v) is 7.66. The molecule has 4 fully saturated rings. The molecular formula is C17H25NO3. The van der Waals surface area contributed by atoms with Gasteiger partial charge in [-0.15, -0.1) is 0 Å². The average molecular weight is 291 g/mol. The molecule has 1 aliphatic heterocycles. The van der Waals surface area contributed by atoms with E-state index < -0.39 is 0 Å². The Labute approximate surface area is 125 Å². The lowest BCUT2D eigenvalue weighted by Gasteiger charge is -2.33. The largest absolute Gasteiger partial charge is 0.396 e. The van der Waals surface area contributed by atoms with Gasteiger partial charge in [-0.1, -0.05) is 12.8 Å². The zero-order valence-corrected chi connectivity index (χ0v) is 12.5. The number of hydrogen-bond donors (Lipinski definition) is 1. The molecular weight excluding hydrogens is 266 g/mol.